The van der Waals surface area contributed by atoms with Crippen LogP contribution in [0.25, 0.3) is 0 Å². The van der Waals surface area contributed by atoms with Crippen LogP contribution in [0.15, 0.2) is 29.2 Å². The van der Waals surface area contributed by atoms with E-state index < -0.39 is 26.5 Å². The van der Waals surface area contributed by atoms with E-state index in [4.69, 9.17) is 0 Å². The van der Waals surface area contributed by atoms with Crippen LogP contribution in [-0.2, 0) is 10.0 Å². The Balaban J connectivity index is 3.42. The molecule has 0 unspecified atom stereocenters. The number of hydrogen-bond donors (Lipinski definition) is 0. The Bertz CT molecular complexity index is 670. The monoisotopic (exact) mass is 302 g/mol. The number of benzene rings is 1. The molecule has 0 spiro atoms. The summed E-state index contributed by atoms with van der Waals surface area (Å²) in [4.78, 5) is 9.47. The van der Waals surface area contributed by atoms with Crippen LogP contribution in [-0.4, -0.2) is 31.2 Å². The number of nitrogens with zero attached hydrogens (tertiary/aromatic N) is 2. The van der Waals surface area contributed by atoms with Gasteiger partial charge >= 0.3 is 5.69 Å². The molecule has 1 rings (SSSR count). The van der Waals surface area contributed by atoms with Crippen LogP contribution in [0, 0.1) is 22.9 Å². The molecule has 6 nitrogen and oxygen atoms in total. The Morgan fingerprint density at radius 1 is 1.50 bits per heavy atom. The molecule has 0 bridgehead atoms. The number of hydrogen-bond acceptors (Lipinski definition) is 4. The minimum Gasteiger partial charge on any atom is -0.258 e. The molecule has 110 valence electrons. The van der Waals surface area contributed by atoms with Gasteiger partial charge in [-0.1, -0.05) is 12.2 Å². The molecule has 0 fully saturated rings. The number of nitro benzene ring substituents is 1. The van der Waals surface area contributed by atoms with Crippen molar-refractivity contribution in [2.24, 2.45) is 0 Å². The van der Waals surface area contributed by atoms with Gasteiger partial charge in [0.1, 0.15) is 0 Å². The average Bonchev–Trinajstić information content (AvgIpc) is 2.26. The summed E-state index contributed by atoms with van der Waals surface area (Å²) in [5.74, 6) is -1.06. The van der Waals surface area contributed by atoms with Gasteiger partial charge in [0, 0.05) is 19.7 Å². The zero-order valence-electron chi connectivity index (χ0n) is 11.4. The van der Waals surface area contributed by atoms with Crippen molar-refractivity contribution in [1.82, 2.24) is 4.31 Å². The van der Waals surface area contributed by atoms with Crippen molar-refractivity contribution in [3.8, 4) is 0 Å². The van der Waals surface area contributed by atoms with Gasteiger partial charge in [-0.15, -0.1) is 0 Å². The lowest BCUT2D eigenvalue weighted by molar-refractivity contribution is -0.387. The second-order valence-electron chi connectivity index (χ2n) is 4.54. The molecule has 0 aliphatic carbocycles. The van der Waals surface area contributed by atoms with Crippen LogP contribution < -0.4 is 0 Å². The van der Waals surface area contributed by atoms with Crippen molar-refractivity contribution in [1.29, 1.82) is 0 Å². The van der Waals surface area contributed by atoms with E-state index in [0.29, 0.717) is 5.57 Å². The van der Waals surface area contributed by atoms with Gasteiger partial charge < -0.3 is 0 Å². The molecule has 0 radical (unpaired) electrons. The number of halogens is 1. The molecule has 1 aromatic rings. The van der Waals surface area contributed by atoms with Crippen molar-refractivity contribution in [3.05, 3.63) is 45.8 Å². The van der Waals surface area contributed by atoms with E-state index in [9.17, 15) is 22.9 Å². The number of sulfonamides is 1. The molecule has 0 N–H and O–H groups in total. The molecule has 8 heteroatoms. The lowest BCUT2D eigenvalue weighted by Crippen LogP contribution is -2.29. The first kappa shape index (κ1) is 16.3. The molecule has 20 heavy (non-hydrogen) atoms. The largest absolute Gasteiger partial charge is 0.306 e. The van der Waals surface area contributed by atoms with Crippen LogP contribution in [0.2, 0.25) is 0 Å². The first-order valence-corrected chi connectivity index (χ1v) is 7.06. The van der Waals surface area contributed by atoms with E-state index in [0.717, 1.165) is 16.4 Å². The fraction of sp³-hybridized carbons (Fsp3) is 0.333. The first-order valence-electron chi connectivity index (χ1n) is 5.62. The summed E-state index contributed by atoms with van der Waals surface area (Å²) >= 11 is 0. The zero-order valence-corrected chi connectivity index (χ0v) is 12.2. The number of aryl methyl sites for hydroxylation is 1. The molecular weight excluding hydrogens is 287 g/mol. The second-order valence-corrected chi connectivity index (χ2v) is 6.56. The SMILES string of the molecule is C=C(C)CN(C)S(=O)(=O)c1cc([N+](=O)[O-])c(F)cc1C. The molecule has 0 amide bonds. The number of nitro groups is 1. The maximum atomic E-state index is 13.4. The third-order valence-electron chi connectivity index (χ3n) is 2.62. The predicted octanol–water partition coefficient (Wildman–Crippen LogP) is 2.24. The highest BCUT2D eigenvalue weighted by Gasteiger charge is 2.27. The van der Waals surface area contributed by atoms with Crippen LogP contribution in [0.3, 0.4) is 0 Å². The summed E-state index contributed by atoms with van der Waals surface area (Å²) in [6, 6.07) is 1.59. The van der Waals surface area contributed by atoms with Crippen LogP contribution in [0.4, 0.5) is 10.1 Å². The molecule has 0 atom stereocenters. The third kappa shape index (κ3) is 3.20. The molecule has 0 saturated carbocycles. The lowest BCUT2D eigenvalue weighted by atomic mass is 10.2. The second kappa shape index (κ2) is 5.68. The Morgan fingerprint density at radius 3 is 2.50 bits per heavy atom. The van der Waals surface area contributed by atoms with Gasteiger partial charge in [-0.3, -0.25) is 10.1 Å². The van der Waals surface area contributed by atoms with Crippen molar-refractivity contribution >= 4 is 15.7 Å². The van der Waals surface area contributed by atoms with E-state index in [-0.39, 0.29) is 17.0 Å². The van der Waals surface area contributed by atoms with Crippen LogP contribution >= 0.6 is 0 Å². The van der Waals surface area contributed by atoms with Gasteiger partial charge in [0.25, 0.3) is 0 Å². The van der Waals surface area contributed by atoms with E-state index in [1.807, 2.05) is 0 Å². The summed E-state index contributed by atoms with van der Waals surface area (Å²) in [5.41, 5.74) is -0.134. The molecule has 0 saturated heterocycles. The number of likely N-dealkylation sites (N-methyl/N-ethyl adjacent to an activating group) is 1. The Labute approximate surface area is 116 Å². The van der Waals surface area contributed by atoms with Gasteiger partial charge in [0.2, 0.25) is 15.8 Å². The Morgan fingerprint density at radius 2 is 2.05 bits per heavy atom. The highest BCUT2D eigenvalue weighted by atomic mass is 32.2. The van der Waals surface area contributed by atoms with Gasteiger partial charge in [-0.05, 0) is 25.5 Å². The molecule has 0 aliphatic rings. The van der Waals surface area contributed by atoms with E-state index in [1.54, 1.807) is 6.92 Å². The normalized spacial score (nSPS) is 11.7. The fourth-order valence-electron chi connectivity index (χ4n) is 1.69. The minimum atomic E-state index is -3.94. The molecule has 0 aromatic heterocycles. The first-order chi connectivity index (χ1) is 9.07. The zero-order chi connectivity index (χ0) is 15.7. The minimum absolute atomic E-state index is 0.0763. The van der Waals surface area contributed by atoms with Gasteiger partial charge in [0.05, 0.1) is 9.82 Å². The van der Waals surface area contributed by atoms with Crippen molar-refractivity contribution in [3.63, 3.8) is 0 Å². The predicted molar refractivity (Wildman–Crippen MR) is 72.4 cm³/mol. The molecule has 0 heterocycles. The number of rotatable bonds is 5. The smallest absolute Gasteiger partial charge is 0.258 e. The standard InChI is InChI=1S/C12H15FN2O4S/c1-8(2)7-14(4)20(18,19)12-6-11(15(16)17)10(13)5-9(12)3/h5-6H,1,7H2,2-4H3. The highest BCUT2D eigenvalue weighted by molar-refractivity contribution is 7.89. The van der Waals surface area contributed by atoms with E-state index in [1.165, 1.54) is 14.0 Å². The van der Waals surface area contributed by atoms with Gasteiger partial charge in [-0.2, -0.15) is 8.70 Å². The molecule has 0 aliphatic heterocycles. The maximum absolute atomic E-state index is 13.4. The lowest BCUT2D eigenvalue weighted by Gasteiger charge is -2.18. The Kier molecular flexibility index (Phi) is 4.61. The van der Waals surface area contributed by atoms with Crippen molar-refractivity contribution in [2.75, 3.05) is 13.6 Å². The van der Waals surface area contributed by atoms with E-state index in [2.05, 4.69) is 6.58 Å². The summed E-state index contributed by atoms with van der Waals surface area (Å²) in [7, 11) is -2.60. The molecule has 1 aromatic carbocycles. The van der Waals surface area contributed by atoms with Crippen LogP contribution in [0.5, 0.6) is 0 Å². The Hall–Kier alpha value is -1.80. The summed E-state index contributed by atoms with van der Waals surface area (Å²) in [6.07, 6.45) is 0. The van der Waals surface area contributed by atoms with Gasteiger partial charge in [-0.25, -0.2) is 8.42 Å². The quantitative estimate of drug-likeness (QED) is 0.474. The third-order valence-corrected chi connectivity index (χ3v) is 4.57. The fourth-order valence-corrected chi connectivity index (χ4v) is 3.15. The summed E-state index contributed by atoms with van der Waals surface area (Å²) in [6.45, 7) is 6.73. The molecular formula is C12H15FN2O4S. The van der Waals surface area contributed by atoms with Crippen LogP contribution in [0.1, 0.15) is 12.5 Å². The summed E-state index contributed by atoms with van der Waals surface area (Å²) in [5, 5.41) is 10.7. The summed E-state index contributed by atoms with van der Waals surface area (Å²) < 4.78 is 39.1. The maximum Gasteiger partial charge on any atom is 0.306 e. The van der Waals surface area contributed by atoms with Crippen molar-refractivity contribution < 1.29 is 17.7 Å². The average molecular weight is 302 g/mol. The topological polar surface area (TPSA) is 80.5 Å². The van der Waals surface area contributed by atoms with Gasteiger partial charge in [0.15, 0.2) is 0 Å². The van der Waals surface area contributed by atoms with Crippen molar-refractivity contribution in [2.45, 2.75) is 18.7 Å². The highest BCUT2D eigenvalue weighted by Crippen LogP contribution is 2.27. The van der Waals surface area contributed by atoms with E-state index >= 15 is 0 Å².